The van der Waals surface area contributed by atoms with E-state index in [9.17, 15) is 40.7 Å². The maximum Gasteiger partial charge on any atom is 0.416 e. The van der Waals surface area contributed by atoms with E-state index in [4.69, 9.17) is 24.1 Å². The Morgan fingerprint density at radius 1 is 0.936 bits per heavy atom. The molecule has 2 amide bonds. The number of hydrogen-bond donors (Lipinski definition) is 1. The van der Waals surface area contributed by atoms with E-state index in [0.29, 0.717) is 31.4 Å². The number of fused-ring (bicyclic) bond motifs is 1. The molecule has 3 rings (SSSR count). The van der Waals surface area contributed by atoms with Gasteiger partial charge in [-0.3, -0.25) is 14.6 Å². The SMILES string of the molecule is CCOC(=O)N1c2cc(OCCCCCC(=O)O)c(OC)cc2[C@@H](N(Cc2cc(C(F)(F)F)cc(C(F)(F)F)c2)C(=O)OC)C[C@H]1C. The van der Waals surface area contributed by atoms with Gasteiger partial charge >= 0.3 is 30.5 Å². The van der Waals surface area contributed by atoms with Crippen molar-refractivity contribution < 1.29 is 64.8 Å². The third-order valence-corrected chi connectivity index (χ3v) is 7.48. The van der Waals surface area contributed by atoms with Gasteiger partial charge in [-0.2, -0.15) is 26.3 Å². The number of carbonyl (C=O) groups excluding carboxylic acids is 2. The third-order valence-electron chi connectivity index (χ3n) is 7.48. The van der Waals surface area contributed by atoms with Crippen molar-refractivity contribution in [3.05, 3.63) is 52.6 Å². The molecule has 0 aliphatic carbocycles. The number of ether oxygens (including phenoxy) is 4. The summed E-state index contributed by atoms with van der Waals surface area (Å²) in [7, 11) is 2.36. The molecular formula is C31H36F6N2O8. The van der Waals surface area contributed by atoms with Crippen LogP contribution in [0.5, 0.6) is 11.5 Å². The minimum Gasteiger partial charge on any atom is -0.493 e. The van der Waals surface area contributed by atoms with Gasteiger partial charge in [-0.05, 0) is 69.4 Å². The summed E-state index contributed by atoms with van der Waals surface area (Å²) in [5.41, 5.74) is -3.04. The molecule has 1 N–H and O–H groups in total. The molecule has 2 aromatic rings. The molecule has 0 bridgehead atoms. The quantitative estimate of drug-likeness (QED) is 0.179. The van der Waals surface area contributed by atoms with Crippen molar-refractivity contribution in [3.63, 3.8) is 0 Å². The van der Waals surface area contributed by atoms with Crippen LogP contribution < -0.4 is 14.4 Å². The van der Waals surface area contributed by atoms with E-state index in [1.807, 2.05) is 0 Å². The van der Waals surface area contributed by atoms with Crippen LogP contribution in [0.1, 0.15) is 74.2 Å². The summed E-state index contributed by atoms with van der Waals surface area (Å²) in [6.07, 6.45) is -10.5. The number of hydrogen-bond acceptors (Lipinski definition) is 7. The molecule has 0 saturated heterocycles. The van der Waals surface area contributed by atoms with Crippen LogP contribution >= 0.6 is 0 Å². The summed E-state index contributed by atoms with van der Waals surface area (Å²) in [6.45, 7) is 2.74. The molecule has 0 unspecified atom stereocenters. The van der Waals surface area contributed by atoms with Crippen LogP contribution in [-0.2, 0) is 33.2 Å². The minimum absolute atomic E-state index is 0.000259. The highest BCUT2D eigenvalue weighted by molar-refractivity contribution is 5.91. The Balaban J connectivity index is 2.11. The van der Waals surface area contributed by atoms with Gasteiger partial charge < -0.3 is 24.1 Å². The molecule has 1 heterocycles. The second-order valence-corrected chi connectivity index (χ2v) is 10.8. The van der Waals surface area contributed by atoms with Crippen LogP contribution in [0, 0.1) is 0 Å². The van der Waals surface area contributed by atoms with Gasteiger partial charge in [-0.1, -0.05) is 0 Å². The number of amides is 2. The van der Waals surface area contributed by atoms with E-state index in [1.165, 1.54) is 24.1 Å². The predicted octanol–water partition coefficient (Wildman–Crippen LogP) is 7.82. The van der Waals surface area contributed by atoms with Crippen LogP contribution in [0.15, 0.2) is 30.3 Å². The molecule has 2 aromatic carbocycles. The number of alkyl halides is 6. The lowest BCUT2D eigenvalue weighted by Crippen LogP contribution is -2.47. The van der Waals surface area contributed by atoms with Gasteiger partial charge in [0.15, 0.2) is 11.5 Å². The summed E-state index contributed by atoms with van der Waals surface area (Å²) < 4.78 is 103. The van der Waals surface area contributed by atoms with Crippen molar-refractivity contribution in [1.29, 1.82) is 0 Å². The molecule has 0 aromatic heterocycles. The van der Waals surface area contributed by atoms with Crippen molar-refractivity contribution in [1.82, 2.24) is 4.90 Å². The van der Waals surface area contributed by atoms with Crippen LogP contribution in [0.3, 0.4) is 0 Å². The number of nitrogens with zero attached hydrogens (tertiary/aromatic N) is 2. The second kappa shape index (κ2) is 15.5. The first kappa shape index (κ1) is 37.1. The van der Waals surface area contributed by atoms with Gasteiger partial charge in [0.1, 0.15) is 0 Å². The number of rotatable bonds is 12. The lowest BCUT2D eigenvalue weighted by Gasteiger charge is -2.42. The molecule has 0 saturated carbocycles. The van der Waals surface area contributed by atoms with E-state index in [2.05, 4.69) is 0 Å². The monoisotopic (exact) mass is 678 g/mol. The lowest BCUT2D eigenvalue weighted by molar-refractivity contribution is -0.143. The molecule has 260 valence electrons. The Labute approximate surface area is 267 Å². The zero-order valence-electron chi connectivity index (χ0n) is 26.2. The minimum atomic E-state index is -5.10. The molecule has 10 nitrogen and oxygen atoms in total. The number of unbranched alkanes of at least 4 members (excludes halogenated alkanes) is 2. The fourth-order valence-electron chi connectivity index (χ4n) is 5.34. The normalized spacial score (nSPS) is 16.3. The number of aliphatic carboxylic acids is 1. The van der Waals surface area contributed by atoms with Crippen LogP contribution in [0.2, 0.25) is 0 Å². The standard InChI is InChI=1S/C31H36F6N2O8/c1-5-46-29(43)39-18(2)11-23(22-15-25(44-3)26(16-24(22)39)47-10-8-6-7-9-27(40)41)38(28(42)45-4)17-19-12-20(30(32,33)34)14-21(13-19)31(35,36)37/h12-16,18,23H,5-11,17H2,1-4H3,(H,40,41)/t18-,23+/m1/s1. The van der Waals surface area contributed by atoms with Gasteiger partial charge in [0, 0.05) is 30.6 Å². The number of carbonyl (C=O) groups is 3. The van der Waals surface area contributed by atoms with Crippen LogP contribution in [0.25, 0.3) is 0 Å². The van der Waals surface area contributed by atoms with Crippen LogP contribution in [0.4, 0.5) is 41.6 Å². The Morgan fingerprint density at radius 2 is 1.57 bits per heavy atom. The Hall–Kier alpha value is -4.37. The molecular weight excluding hydrogens is 642 g/mol. The van der Waals surface area contributed by atoms with E-state index in [1.54, 1.807) is 13.8 Å². The lowest BCUT2D eigenvalue weighted by atomic mass is 9.90. The van der Waals surface area contributed by atoms with Gasteiger partial charge in [0.05, 0.1) is 50.3 Å². The summed E-state index contributed by atoms with van der Waals surface area (Å²) >= 11 is 0. The maximum absolute atomic E-state index is 13.6. The summed E-state index contributed by atoms with van der Waals surface area (Å²) in [5, 5.41) is 8.83. The Bertz CT molecular complexity index is 1400. The fraction of sp³-hybridized carbons (Fsp3) is 0.516. The van der Waals surface area contributed by atoms with Crippen molar-refractivity contribution in [2.75, 3.05) is 32.3 Å². The second-order valence-electron chi connectivity index (χ2n) is 10.8. The highest BCUT2D eigenvalue weighted by atomic mass is 19.4. The van der Waals surface area contributed by atoms with Gasteiger partial charge in [-0.15, -0.1) is 0 Å². The number of carboxylic acids is 1. The number of carboxylic acid groups (broad SMARTS) is 1. The molecule has 0 fully saturated rings. The number of benzene rings is 2. The van der Waals surface area contributed by atoms with Crippen molar-refractivity contribution in [2.24, 2.45) is 0 Å². The topological polar surface area (TPSA) is 115 Å². The van der Waals surface area contributed by atoms with E-state index < -0.39 is 65.8 Å². The van der Waals surface area contributed by atoms with E-state index >= 15 is 0 Å². The first-order valence-corrected chi connectivity index (χ1v) is 14.7. The highest BCUT2D eigenvalue weighted by Crippen LogP contribution is 2.47. The predicted molar refractivity (Wildman–Crippen MR) is 155 cm³/mol. The molecule has 2 atom stereocenters. The zero-order valence-corrected chi connectivity index (χ0v) is 26.2. The first-order valence-electron chi connectivity index (χ1n) is 14.7. The molecule has 1 aliphatic heterocycles. The molecule has 0 radical (unpaired) electrons. The average molecular weight is 679 g/mol. The largest absolute Gasteiger partial charge is 0.493 e. The zero-order chi connectivity index (χ0) is 35.1. The third kappa shape index (κ3) is 9.35. The van der Waals surface area contributed by atoms with Gasteiger partial charge in [0.25, 0.3) is 0 Å². The van der Waals surface area contributed by atoms with Crippen LogP contribution in [-0.4, -0.2) is 61.6 Å². The van der Waals surface area contributed by atoms with Crippen molar-refractivity contribution in [2.45, 2.75) is 76.9 Å². The Kier molecular flexibility index (Phi) is 12.2. The number of anilines is 1. The van der Waals surface area contributed by atoms with E-state index in [-0.39, 0.29) is 54.9 Å². The molecule has 47 heavy (non-hydrogen) atoms. The summed E-state index contributed by atoms with van der Waals surface area (Å²) in [4.78, 5) is 39.4. The first-order chi connectivity index (χ1) is 22.0. The van der Waals surface area contributed by atoms with Gasteiger partial charge in [-0.25, -0.2) is 9.59 Å². The summed E-state index contributed by atoms with van der Waals surface area (Å²) in [5.74, 6) is -0.551. The van der Waals surface area contributed by atoms with Gasteiger partial charge in [0.2, 0.25) is 0 Å². The fourth-order valence-corrected chi connectivity index (χ4v) is 5.34. The Morgan fingerprint density at radius 3 is 2.11 bits per heavy atom. The average Bonchev–Trinajstić information content (AvgIpc) is 2.99. The smallest absolute Gasteiger partial charge is 0.416 e. The summed E-state index contributed by atoms with van der Waals surface area (Å²) in [6, 6.07) is 2.34. The molecule has 0 spiro atoms. The van der Waals surface area contributed by atoms with Crippen molar-refractivity contribution >= 4 is 23.8 Å². The number of methoxy groups -OCH3 is 2. The molecule has 16 heteroatoms. The maximum atomic E-state index is 13.6. The highest BCUT2D eigenvalue weighted by Gasteiger charge is 2.42. The van der Waals surface area contributed by atoms with E-state index in [0.717, 1.165) is 12.0 Å². The number of halogens is 6. The molecule has 1 aliphatic rings. The van der Waals surface area contributed by atoms with Crippen molar-refractivity contribution in [3.8, 4) is 11.5 Å².